The van der Waals surface area contributed by atoms with Gasteiger partial charge in [-0.1, -0.05) is 24.3 Å². The molecule has 1 amide bonds. The number of carbonyl (C=O) groups is 2. The van der Waals surface area contributed by atoms with E-state index in [-0.39, 0.29) is 41.4 Å². The molecular formula is C26H21N5O4. The highest BCUT2D eigenvalue weighted by Gasteiger charge is 2.62. The number of non-ortho nitro benzene ring substituents is 1. The van der Waals surface area contributed by atoms with Crippen LogP contribution in [0.2, 0.25) is 0 Å². The van der Waals surface area contributed by atoms with Gasteiger partial charge in [0.15, 0.2) is 5.78 Å². The summed E-state index contributed by atoms with van der Waals surface area (Å²) in [4.78, 5) is 41.5. The molecule has 1 spiro atoms. The summed E-state index contributed by atoms with van der Waals surface area (Å²) in [6.45, 7) is 3.96. The van der Waals surface area contributed by atoms with Gasteiger partial charge in [-0.3, -0.25) is 24.6 Å². The average molecular weight is 467 g/mol. The van der Waals surface area contributed by atoms with E-state index in [1.54, 1.807) is 35.2 Å². The van der Waals surface area contributed by atoms with Crippen LogP contribution in [0.4, 0.5) is 17.1 Å². The lowest BCUT2D eigenvalue weighted by Gasteiger charge is -2.43. The molecule has 0 saturated carbocycles. The van der Waals surface area contributed by atoms with Crippen LogP contribution in [0.5, 0.6) is 0 Å². The number of rotatable bonds is 4. The number of Topliss-reactive ketones (excluding diaryl/α,β-unsaturated/α-hetero) is 1. The highest BCUT2D eigenvalue weighted by atomic mass is 16.6. The van der Waals surface area contributed by atoms with Crippen LogP contribution >= 0.6 is 0 Å². The Morgan fingerprint density at radius 2 is 1.89 bits per heavy atom. The Morgan fingerprint density at radius 3 is 2.54 bits per heavy atom. The number of anilines is 2. The molecule has 1 aliphatic carbocycles. The molecule has 2 aliphatic heterocycles. The third kappa shape index (κ3) is 2.86. The number of para-hydroxylation sites is 1. The smallest absolute Gasteiger partial charge is 0.269 e. The molecule has 2 aromatic carbocycles. The predicted octanol–water partition coefficient (Wildman–Crippen LogP) is 3.59. The molecule has 0 fully saturated rings. The Labute approximate surface area is 201 Å². The van der Waals surface area contributed by atoms with Crippen LogP contribution in [0.15, 0.2) is 83.9 Å². The summed E-state index contributed by atoms with van der Waals surface area (Å²) >= 11 is 0. The van der Waals surface area contributed by atoms with Crippen LogP contribution < -0.4 is 15.5 Å². The SMILES string of the molecule is C=CCN1C(=O)C2(C(C#N)=C(N)N(c3ccc([N+](=O)[O-])cc3)C3=C2C(=O)CCC3)c2ccccc21. The second-order valence-electron chi connectivity index (χ2n) is 8.55. The van der Waals surface area contributed by atoms with Crippen molar-refractivity contribution in [3.05, 3.63) is 99.5 Å². The molecule has 1 unspecified atom stereocenters. The first kappa shape index (κ1) is 22.1. The van der Waals surface area contributed by atoms with Gasteiger partial charge in [0.05, 0.1) is 10.5 Å². The van der Waals surface area contributed by atoms with Gasteiger partial charge in [-0.2, -0.15) is 5.26 Å². The van der Waals surface area contributed by atoms with E-state index in [1.165, 1.54) is 29.2 Å². The van der Waals surface area contributed by atoms with Gasteiger partial charge in [-0.05, 0) is 31.0 Å². The third-order valence-corrected chi connectivity index (χ3v) is 6.81. The number of hydrogen-bond donors (Lipinski definition) is 1. The average Bonchev–Trinajstić information content (AvgIpc) is 3.09. The lowest BCUT2D eigenvalue weighted by atomic mass is 9.64. The fourth-order valence-corrected chi connectivity index (χ4v) is 5.46. The number of benzene rings is 2. The largest absolute Gasteiger partial charge is 0.384 e. The number of nitro benzene ring substituents is 1. The lowest BCUT2D eigenvalue weighted by Crippen LogP contribution is -2.52. The zero-order valence-electron chi connectivity index (χ0n) is 18.7. The molecule has 0 bridgehead atoms. The summed E-state index contributed by atoms with van der Waals surface area (Å²) in [5.74, 6) is -0.607. The summed E-state index contributed by atoms with van der Waals surface area (Å²) in [6.07, 6.45) is 2.84. The normalized spacial score (nSPS) is 21.2. The maximum absolute atomic E-state index is 14.2. The van der Waals surface area contributed by atoms with Gasteiger partial charge in [0.2, 0.25) is 5.91 Å². The fourth-order valence-electron chi connectivity index (χ4n) is 5.46. The van der Waals surface area contributed by atoms with Crippen molar-refractivity contribution in [3.8, 4) is 6.07 Å². The van der Waals surface area contributed by atoms with Gasteiger partial charge in [0.1, 0.15) is 17.3 Å². The van der Waals surface area contributed by atoms with Crippen molar-refractivity contribution in [1.82, 2.24) is 0 Å². The number of nitrogens with two attached hydrogens (primary N) is 1. The highest BCUT2D eigenvalue weighted by Crippen LogP contribution is 2.56. The second kappa shape index (κ2) is 7.95. The van der Waals surface area contributed by atoms with E-state index in [9.17, 15) is 25.0 Å². The Hall–Kier alpha value is -4.71. The second-order valence-corrected chi connectivity index (χ2v) is 8.55. The van der Waals surface area contributed by atoms with Crippen LogP contribution in [-0.4, -0.2) is 23.2 Å². The van der Waals surface area contributed by atoms with Crippen LogP contribution in [-0.2, 0) is 15.0 Å². The molecule has 35 heavy (non-hydrogen) atoms. The van der Waals surface area contributed by atoms with Gasteiger partial charge >= 0.3 is 0 Å². The molecule has 2 N–H and O–H groups in total. The topological polar surface area (TPSA) is 134 Å². The minimum absolute atomic E-state index is 0.0263. The molecular weight excluding hydrogens is 446 g/mol. The maximum atomic E-state index is 14.2. The van der Waals surface area contributed by atoms with E-state index >= 15 is 0 Å². The number of ketones is 1. The monoisotopic (exact) mass is 467 g/mol. The molecule has 0 radical (unpaired) electrons. The number of amides is 1. The fraction of sp³-hybridized carbons (Fsp3) is 0.192. The number of hydrogen-bond acceptors (Lipinski definition) is 7. The van der Waals surface area contributed by atoms with Crippen molar-refractivity contribution < 1.29 is 14.5 Å². The number of nitro groups is 1. The Morgan fingerprint density at radius 1 is 1.17 bits per heavy atom. The van der Waals surface area contributed by atoms with Gasteiger partial charge in [-0.25, -0.2) is 0 Å². The zero-order valence-corrected chi connectivity index (χ0v) is 18.7. The lowest BCUT2D eigenvalue weighted by molar-refractivity contribution is -0.384. The molecule has 174 valence electrons. The number of allylic oxidation sites excluding steroid dienone is 1. The van der Waals surface area contributed by atoms with Crippen LogP contribution in [0.1, 0.15) is 24.8 Å². The van der Waals surface area contributed by atoms with Crippen molar-refractivity contribution in [1.29, 1.82) is 5.26 Å². The standard InChI is InChI=1S/C26H21N5O4/c1-2-14-29-20-7-4-3-6-18(20)26(25(29)33)19(15-27)24(28)30(21-8-5-9-22(32)23(21)26)16-10-12-17(13-11-16)31(34)35/h2-4,6-7,10-13H,1,5,8-9,14,28H2. The molecule has 3 aliphatic rings. The maximum Gasteiger partial charge on any atom is 0.269 e. The summed E-state index contributed by atoms with van der Waals surface area (Å²) in [5.41, 5.74) is 7.24. The van der Waals surface area contributed by atoms with Crippen molar-refractivity contribution >= 4 is 28.8 Å². The van der Waals surface area contributed by atoms with E-state index in [0.29, 0.717) is 35.5 Å². The van der Waals surface area contributed by atoms with Crippen molar-refractivity contribution in [2.45, 2.75) is 24.7 Å². The molecule has 0 saturated heterocycles. The van der Waals surface area contributed by atoms with Gasteiger partial charge in [-0.15, -0.1) is 6.58 Å². The first-order valence-corrected chi connectivity index (χ1v) is 11.1. The molecule has 0 aromatic heterocycles. The Balaban J connectivity index is 1.83. The highest BCUT2D eigenvalue weighted by molar-refractivity contribution is 6.20. The van der Waals surface area contributed by atoms with E-state index in [2.05, 4.69) is 12.6 Å². The number of carbonyl (C=O) groups excluding carboxylic acids is 2. The van der Waals surface area contributed by atoms with Gasteiger partial charge in [0.25, 0.3) is 5.69 Å². The summed E-state index contributed by atoms with van der Waals surface area (Å²) in [7, 11) is 0. The quantitative estimate of drug-likeness (QED) is 0.413. The number of nitriles is 1. The molecule has 9 nitrogen and oxygen atoms in total. The third-order valence-electron chi connectivity index (χ3n) is 6.81. The van der Waals surface area contributed by atoms with Crippen molar-refractivity contribution in [2.24, 2.45) is 5.73 Å². The predicted molar refractivity (Wildman–Crippen MR) is 129 cm³/mol. The summed E-state index contributed by atoms with van der Waals surface area (Å²) in [5, 5.41) is 21.5. The molecule has 5 rings (SSSR count). The molecule has 9 heteroatoms. The van der Waals surface area contributed by atoms with E-state index in [0.717, 1.165) is 0 Å². The minimum Gasteiger partial charge on any atom is -0.384 e. The molecule has 2 heterocycles. The van der Waals surface area contributed by atoms with E-state index in [1.807, 2.05) is 0 Å². The molecule has 2 aromatic rings. The van der Waals surface area contributed by atoms with E-state index < -0.39 is 16.2 Å². The van der Waals surface area contributed by atoms with E-state index in [4.69, 9.17) is 5.73 Å². The van der Waals surface area contributed by atoms with Gasteiger partial charge < -0.3 is 10.6 Å². The number of nitrogens with zero attached hydrogens (tertiary/aromatic N) is 4. The van der Waals surface area contributed by atoms with Crippen molar-refractivity contribution in [2.75, 3.05) is 16.3 Å². The summed E-state index contributed by atoms with van der Waals surface area (Å²) < 4.78 is 0. The van der Waals surface area contributed by atoms with Gasteiger partial charge in [0, 0.05) is 53.3 Å². The Kier molecular flexibility index (Phi) is 5.02. The number of fused-ring (bicyclic) bond motifs is 3. The summed E-state index contributed by atoms with van der Waals surface area (Å²) in [6, 6.07) is 15.0. The first-order chi connectivity index (χ1) is 16.9. The minimum atomic E-state index is -1.65. The Bertz CT molecular complexity index is 1420. The molecule has 1 atom stereocenters. The van der Waals surface area contributed by atoms with Crippen molar-refractivity contribution in [3.63, 3.8) is 0 Å². The van der Waals surface area contributed by atoms with Crippen LogP contribution in [0.25, 0.3) is 0 Å². The van der Waals surface area contributed by atoms with Crippen LogP contribution in [0.3, 0.4) is 0 Å². The first-order valence-electron chi connectivity index (χ1n) is 11.1. The zero-order chi connectivity index (χ0) is 24.9. The van der Waals surface area contributed by atoms with Crippen LogP contribution in [0, 0.1) is 21.4 Å².